The number of rotatable bonds is 5. The van der Waals surface area contributed by atoms with Crippen molar-refractivity contribution in [3.63, 3.8) is 0 Å². The van der Waals surface area contributed by atoms with Crippen molar-refractivity contribution in [2.45, 2.75) is 58.9 Å². The average molecular weight is 291 g/mol. The number of nitrogens with zero attached hydrogens (tertiary/aromatic N) is 3. The lowest BCUT2D eigenvalue weighted by Gasteiger charge is -2.44. The van der Waals surface area contributed by atoms with E-state index in [2.05, 4.69) is 36.6 Å². The van der Waals surface area contributed by atoms with Gasteiger partial charge in [0.25, 0.3) is 0 Å². The number of hydrogen-bond donors (Lipinski definition) is 0. The SMILES string of the molecule is CCCC1CCC(C#N)C(N2CCN(CC(C)C)CC2)C1. The third kappa shape index (κ3) is 4.69. The van der Waals surface area contributed by atoms with E-state index in [1.165, 1.54) is 45.3 Å². The summed E-state index contributed by atoms with van der Waals surface area (Å²) < 4.78 is 0. The largest absolute Gasteiger partial charge is 0.301 e. The van der Waals surface area contributed by atoms with Crippen LogP contribution in [-0.4, -0.2) is 48.6 Å². The molecule has 0 N–H and O–H groups in total. The zero-order valence-corrected chi connectivity index (χ0v) is 14.2. The fraction of sp³-hybridized carbons (Fsp3) is 0.944. The van der Waals surface area contributed by atoms with Crippen molar-refractivity contribution in [1.82, 2.24) is 9.80 Å². The van der Waals surface area contributed by atoms with Crippen molar-refractivity contribution >= 4 is 0 Å². The summed E-state index contributed by atoms with van der Waals surface area (Å²) in [6.45, 7) is 12.8. The molecule has 0 aromatic heterocycles. The van der Waals surface area contributed by atoms with Gasteiger partial charge in [-0.1, -0.05) is 33.6 Å². The minimum absolute atomic E-state index is 0.273. The van der Waals surface area contributed by atoms with Crippen molar-refractivity contribution < 1.29 is 0 Å². The predicted octanol–water partition coefficient (Wildman–Crippen LogP) is 3.37. The molecule has 1 aliphatic carbocycles. The molecule has 120 valence electrons. The lowest BCUT2D eigenvalue weighted by molar-refractivity contribution is 0.0444. The molecule has 3 atom stereocenters. The second-order valence-electron chi connectivity index (χ2n) is 7.50. The van der Waals surface area contributed by atoms with Crippen LogP contribution in [0.2, 0.25) is 0 Å². The second-order valence-corrected chi connectivity index (χ2v) is 7.50. The van der Waals surface area contributed by atoms with Crippen molar-refractivity contribution in [1.29, 1.82) is 5.26 Å². The fourth-order valence-electron chi connectivity index (χ4n) is 4.25. The normalized spacial score (nSPS) is 32.2. The van der Waals surface area contributed by atoms with Gasteiger partial charge in [-0.25, -0.2) is 0 Å². The summed E-state index contributed by atoms with van der Waals surface area (Å²) in [7, 11) is 0. The number of piperazine rings is 1. The zero-order chi connectivity index (χ0) is 15.2. The van der Waals surface area contributed by atoms with Crippen LogP contribution in [0.25, 0.3) is 0 Å². The van der Waals surface area contributed by atoms with Gasteiger partial charge >= 0.3 is 0 Å². The van der Waals surface area contributed by atoms with Crippen molar-refractivity contribution in [2.75, 3.05) is 32.7 Å². The summed E-state index contributed by atoms with van der Waals surface area (Å²) in [5.74, 6) is 1.89. The van der Waals surface area contributed by atoms with Gasteiger partial charge in [-0.05, 0) is 31.1 Å². The Balaban J connectivity index is 1.88. The van der Waals surface area contributed by atoms with Crippen LogP contribution in [0.3, 0.4) is 0 Å². The van der Waals surface area contributed by atoms with Crippen LogP contribution >= 0.6 is 0 Å². The van der Waals surface area contributed by atoms with E-state index in [9.17, 15) is 5.26 Å². The molecule has 3 nitrogen and oxygen atoms in total. The first-order valence-electron chi connectivity index (χ1n) is 9.00. The van der Waals surface area contributed by atoms with Crippen LogP contribution in [0.1, 0.15) is 52.9 Å². The van der Waals surface area contributed by atoms with Gasteiger partial charge in [-0.15, -0.1) is 0 Å². The Hall–Kier alpha value is -0.590. The lowest BCUT2D eigenvalue weighted by Crippen LogP contribution is -2.54. The molecule has 0 radical (unpaired) electrons. The van der Waals surface area contributed by atoms with Gasteiger partial charge in [0.2, 0.25) is 0 Å². The van der Waals surface area contributed by atoms with E-state index in [1.807, 2.05) is 0 Å². The minimum atomic E-state index is 0.273. The highest BCUT2D eigenvalue weighted by molar-refractivity contribution is 4.98. The minimum Gasteiger partial charge on any atom is -0.301 e. The molecular formula is C18H33N3. The Morgan fingerprint density at radius 2 is 1.86 bits per heavy atom. The molecule has 0 aromatic rings. The lowest BCUT2D eigenvalue weighted by atomic mass is 9.76. The quantitative estimate of drug-likeness (QED) is 0.778. The summed E-state index contributed by atoms with van der Waals surface area (Å²) >= 11 is 0. The molecule has 1 aliphatic heterocycles. The molecule has 3 unspecified atom stereocenters. The van der Waals surface area contributed by atoms with E-state index in [0.717, 1.165) is 31.3 Å². The molecule has 1 saturated carbocycles. The van der Waals surface area contributed by atoms with Gasteiger partial charge in [0.05, 0.1) is 12.0 Å². The van der Waals surface area contributed by atoms with Crippen LogP contribution in [0.5, 0.6) is 0 Å². The maximum atomic E-state index is 9.49. The van der Waals surface area contributed by atoms with Crippen LogP contribution < -0.4 is 0 Å². The highest BCUT2D eigenvalue weighted by atomic mass is 15.3. The molecule has 0 amide bonds. The Kier molecular flexibility index (Phi) is 6.51. The number of hydrogen-bond acceptors (Lipinski definition) is 3. The second kappa shape index (κ2) is 8.15. The first kappa shape index (κ1) is 16.8. The van der Waals surface area contributed by atoms with Gasteiger partial charge in [0.1, 0.15) is 0 Å². The third-order valence-corrected chi connectivity index (χ3v) is 5.29. The molecule has 0 bridgehead atoms. The monoisotopic (exact) mass is 291 g/mol. The van der Waals surface area contributed by atoms with Gasteiger partial charge < -0.3 is 4.90 Å². The summed E-state index contributed by atoms with van der Waals surface area (Å²) in [6.07, 6.45) is 6.29. The summed E-state index contributed by atoms with van der Waals surface area (Å²) in [4.78, 5) is 5.22. The Morgan fingerprint density at radius 3 is 2.43 bits per heavy atom. The van der Waals surface area contributed by atoms with Gasteiger partial charge in [0, 0.05) is 38.8 Å². The van der Waals surface area contributed by atoms with Gasteiger partial charge in [-0.3, -0.25) is 4.90 Å². The molecular weight excluding hydrogens is 258 g/mol. The van der Waals surface area contributed by atoms with Crippen molar-refractivity contribution in [3.8, 4) is 6.07 Å². The predicted molar refractivity (Wildman–Crippen MR) is 88.0 cm³/mol. The fourth-order valence-corrected chi connectivity index (χ4v) is 4.25. The highest BCUT2D eigenvalue weighted by Crippen LogP contribution is 2.34. The molecule has 1 heterocycles. The highest BCUT2D eigenvalue weighted by Gasteiger charge is 2.35. The zero-order valence-electron chi connectivity index (χ0n) is 14.2. The van der Waals surface area contributed by atoms with E-state index in [4.69, 9.17) is 0 Å². The number of nitriles is 1. The van der Waals surface area contributed by atoms with Crippen LogP contribution in [0.4, 0.5) is 0 Å². The van der Waals surface area contributed by atoms with Crippen LogP contribution in [0.15, 0.2) is 0 Å². The van der Waals surface area contributed by atoms with E-state index in [-0.39, 0.29) is 5.92 Å². The van der Waals surface area contributed by atoms with Crippen molar-refractivity contribution in [2.24, 2.45) is 17.8 Å². The standard InChI is InChI=1S/C18H33N3/c1-4-5-16-6-7-17(13-19)18(12-16)21-10-8-20(9-11-21)14-15(2)3/h15-18H,4-12,14H2,1-3H3. The first-order chi connectivity index (χ1) is 10.1. The molecule has 2 rings (SSSR count). The smallest absolute Gasteiger partial charge is 0.0672 e. The molecule has 0 aromatic carbocycles. The molecule has 2 fully saturated rings. The van der Waals surface area contributed by atoms with Gasteiger partial charge in [0.15, 0.2) is 0 Å². The van der Waals surface area contributed by atoms with Crippen LogP contribution in [0, 0.1) is 29.1 Å². The van der Waals surface area contributed by atoms with E-state index in [0.29, 0.717) is 6.04 Å². The third-order valence-electron chi connectivity index (χ3n) is 5.29. The summed E-state index contributed by atoms with van der Waals surface area (Å²) in [6, 6.07) is 3.13. The van der Waals surface area contributed by atoms with E-state index in [1.54, 1.807) is 0 Å². The Morgan fingerprint density at radius 1 is 1.14 bits per heavy atom. The summed E-state index contributed by atoms with van der Waals surface area (Å²) in [5, 5.41) is 9.49. The summed E-state index contributed by atoms with van der Waals surface area (Å²) in [5.41, 5.74) is 0. The van der Waals surface area contributed by atoms with Crippen LogP contribution in [-0.2, 0) is 0 Å². The maximum Gasteiger partial charge on any atom is 0.0672 e. The van der Waals surface area contributed by atoms with E-state index < -0.39 is 0 Å². The van der Waals surface area contributed by atoms with Gasteiger partial charge in [-0.2, -0.15) is 5.26 Å². The first-order valence-corrected chi connectivity index (χ1v) is 9.00. The molecule has 0 spiro atoms. The molecule has 21 heavy (non-hydrogen) atoms. The Labute approximate surface area is 131 Å². The molecule has 2 aliphatic rings. The molecule has 3 heteroatoms. The topological polar surface area (TPSA) is 30.3 Å². The Bertz CT molecular complexity index is 339. The molecule has 1 saturated heterocycles. The maximum absolute atomic E-state index is 9.49. The van der Waals surface area contributed by atoms with Crippen molar-refractivity contribution in [3.05, 3.63) is 0 Å². The average Bonchev–Trinajstić information content (AvgIpc) is 2.48. The van der Waals surface area contributed by atoms with E-state index >= 15 is 0 Å².